The smallest absolute Gasteiger partial charge is 0.238 e. The van der Waals surface area contributed by atoms with E-state index in [1.807, 2.05) is 31.2 Å². The molecule has 5 heteroatoms. The summed E-state index contributed by atoms with van der Waals surface area (Å²) in [5.41, 5.74) is 2.00. The molecule has 2 N–H and O–H groups in total. The largest absolute Gasteiger partial charge is 0.325 e. The Balaban J connectivity index is 0.00000180. The second kappa shape index (κ2) is 7.48. The van der Waals surface area contributed by atoms with Crippen LogP contribution in [0.25, 0.3) is 0 Å². The lowest BCUT2D eigenvalue weighted by Gasteiger charge is -2.33. The van der Waals surface area contributed by atoms with E-state index in [-0.39, 0.29) is 18.3 Å². The highest BCUT2D eigenvalue weighted by Gasteiger charge is 2.20. The highest BCUT2D eigenvalue weighted by molar-refractivity contribution is 5.92. The van der Waals surface area contributed by atoms with Crippen LogP contribution >= 0.6 is 12.4 Å². The van der Waals surface area contributed by atoms with Gasteiger partial charge < -0.3 is 10.6 Å². The first kappa shape index (κ1) is 16.0. The molecule has 106 valence electrons. The van der Waals surface area contributed by atoms with Gasteiger partial charge in [0.2, 0.25) is 5.91 Å². The van der Waals surface area contributed by atoms with E-state index in [2.05, 4.69) is 22.5 Å². The van der Waals surface area contributed by atoms with Crippen LogP contribution in [-0.2, 0) is 4.79 Å². The topological polar surface area (TPSA) is 44.4 Å². The van der Waals surface area contributed by atoms with Crippen molar-refractivity contribution in [2.45, 2.75) is 19.9 Å². The van der Waals surface area contributed by atoms with Gasteiger partial charge in [-0.15, -0.1) is 12.4 Å². The predicted octanol–water partition coefficient (Wildman–Crippen LogP) is 1.65. The maximum Gasteiger partial charge on any atom is 0.238 e. The van der Waals surface area contributed by atoms with Crippen LogP contribution in [0, 0.1) is 6.92 Å². The minimum absolute atomic E-state index is 0. The van der Waals surface area contributed by atoms with E-state index in [4.69, 9.17) is 0 Å². The Morgan fingerprint density at radius 2 is 2.21 bits per heavy atom. The van der Waals surface area contributed by atoms with Crippen LogP contribution in [0.5, 0.6) is 0 Å². The van der Waals surface area contributed by atoms with Crippen molar-refractivity contribution in [1.29, 1.82) is 0 Å². The number of para-hydroxylation sites is 1. The highest BCUT2D eigenvalue weighted by Crippen LogP contribution is 2.13. The van der Waals surface area contributed by atoms with Crippen molar-refractivity contribution in [3.05, 3.63) is 29.8 Å². The minimum atomic E-state index is 0. The number of hydrogen-bond donors (Lipinski definition) is 2. The number of carbonyl (C=O) groups excluding carboxylic acids is 1. The van der Waals surface area contributed by atoms with E-state index < -0.39 is 0 Å². The molecular weight excluding hydrogens is 262 g/mol. The summed E-state index contributed by atoms with van der Waals surface area (Å²) in [5, 5.41) is 6.30. The maximum absolute atomic E-state index is 12.0. The molecule has 2 rings (SSSR count). The second-order valence-corrected chi connectivity index (χ2v) is 4.89. The van der Waals surface area contributed by atoms with Gasteiger partial charge in [0.15, 0.2) is 0 Å². The Morgan fingerprint density at radius 1 is 1.47 bits per heavy atom. The molecule has 1 atom stereocenters. The number of amides is 1. The molecular formula is C14H22ClN3O. The summed E-state index contributed by atoms with van der Waals surface area (Å²) in [7, 11) is 0. The molecule has 0 saturated carbocycles. The van der Waals surface area contributed by atoms with Crippen molar-refractivity contribution in [2.75, 3.05) is 31.5 Å². The molecule has 1 heterocycles. The van der Waals surface area contributed by atoms with Crippen LogP contribution in [-0.4, -0.2) is 43.0 Å². The summed E-state index contributed by atoms with van der Waals surface area (Å²) < 4.78 is 0. The first-order valence-electron chi connectivity index (χ1n) is 6.47. The van der Waals surface area contributed by atoms with E-state index in [0.29, 0.717) is 12.6 Å². The van der Waals surface area contributed by atoms with E-state index >= 15 is 0 Å². The van der Waals surface area contributed by atoms with Gasteiger partial charge >= 0.3 is 0 Å². The van der Waals surface area contributed by atoms with Gasteiger partial charge in [-0.1, -0.05) is 18.2 Å². The van der Waals surface area contributed by atoms with Gasteiger partial charge in [0.05, 0.1) is 6.54 Å². The molecule has 1 aromatic rings. The SMILES string of the molecule is Cc1ccccc1NC(=O)CN1CCNC[C@H]1C.Cl. The Morgan fingerprint density at radius 3 is 2.89 bits per heavy atom. The molecule has 0 unspecified atom stereocenters. The fraction of sp³-hybridized carbons (Fsp3) is 0.500. The molecule has 1 fully saturated rings. The van der Waals surface area contributed by atoms with Crippen molar-refractivity contribution in [1.82, 2.24) is 10.2 Å². The first-order chi connectivity index (χ1) is 8.66. The summed E-state index contributed by atoms with van der Waals surface area (Å²) >= 11 is 0. The Labute approximate surface area is 121 Å². The molecule has 4 nitrogen and oxygen atoms in total. The third-order valence-corrected chi connectivity index (χ3v) is 3.40. The number of benzene rings is 1. The number of nitrogens with zero attached hydrogens (tertiary/aromatic N) is 1. The fourth-order valence-corrected chi connectivity index (χ4v) is 2.21. The Hall–Kier alpha value is -1.10. The van der Waals surface area contributed by atoms with Gasteiger partial charge in [-0.2, -0.15) is 0 Å². The van der Waals surface area contributed by atoms with Crippen molar-refractivity contribution >= 4 is 24.0 Å². The van der Waals surface area contributed by atoms with E-state index in [1.54, 1.807) is 0 Å². The lowest BCUT2D eigenvalue weighted by atomic mass is 10.2. The van der Waals surface area contributed by atoms with Crippen LogP contribution in [0.4, 0.5) is 5.69 Å². The zero-order valence-corrected chi connectivity index (χ0v) is 12.3. The van der Waals surface area contributed by atoms with Gasteiger partial charge in [-0.3, -0.25) is 9.69 Å². The molecule has 1 amide bonds. The molecule has 1 aliphatic rings. The number of hydrogen-bond acceptors (Lipinski definition) is 3. The van der Waals surface area contributed by atoms with Crippen LogP contribution in [0.3, 0.4) is 0 Å². The standard InChI is InChI=1S/C14H21N3O.ClH/c1-11-5-3-4-6-13(11)16-14(18)10-17-8-7-15-9-12(17)2;/h3-6,12,15H,7-10H2,1-2H3,(H,16,18);1H/t12-;/m1./s1. The lowest BCUT2D eigenvalue weighted by Crippen LogP contribution is -2.52. The van der Waals surface area contributed by atoms with Gasteiger partial charge in [-0.05, 0) is 25.5 Å². The molecule has 0 spiro atoms. The van der Waals surface area contributed by atoms with Crippen LogP contribution < -0.4 is 10.6 Å². The van der Waals surface area contributed by atoms with Crippen molar-refractivity contribution in [2.24, 2.45) is 0 Å². The number of carbonyl (C=O) groups is 1. The molecule has 1 aliphatic heterocycles. The minimum Gasteiger partial charge on any atom is -0.325 e. The predicted molar refractivity (Wildman–Crippen MR) is 81.0 cm³/mol. The third kappa shape index (κ3) is 4.49. The van der Waals surface area contributed by atoms with Crippen LogP contribution in [0.1, 0.15) is 12.5 Å². The quantitative estimate of drug-likeness (QED) is 0.887. The van der Waals surface area contributed by atoms with E-state index in [0.717, 1.165) is 30.9 Å². The van der Waals surface area contributed by atoms with Crippen molar-refractivity contribution in [3.8, 4) is 0 Å². The number of aryl methyl sites for hydroxylation is 1. The molecule has 0 bridgehead atoms. The second-order valence-electron chi connectivity index (χ2n) is 4.89. The molecule has 0 aromatic heterocycles. The zero-order valence-electron chi connectivity index (χ0n) is 11.5. The number of piperazine rings is 1. The van der Waals surface area contributed by atoms with E-state index in [1.165, 1.54) is 0 Å². The average Bonchev–Trinajstić information content (AvgIpc) is 2.35. The number of nitrogens with one attached hydrogen (secondary N) is 2. The van der Waals surface area contributed by atoms with Crippen molar-refractivity contribution in [3.63, 3.8) is 0 Å². The summed E-state index contributed by atoms with van der Waals surface area (Å²) in [6, 6.07) is 8.28. The molecule has 0 aliphatic carbocycles. The van der Waals surface area contributed by atoms with Crippen LogP contribution in [0.2, 0.25) is 0 Å². The summed E-state index contributed by atoms with van der Waals surface area (Å²) in [6.07, 6.45) is 0. The lowest BCUT2D eigenvalue weighted by molar-refractivity contribution is -0.118. The fourth-order valence-electron chi connectivity index (χ4n) is 2.21. The maximum atomic E-state index is 12.0. The van der Waals surface area contributed by atoms with Gasteiger partial charge in [0, 0.05) is 31.4 Å². The third-order valence-electron chi connectivity index (χ3n) is 3.40. The number of halogens is 1. The molecule has 1 saturated heterocycles. The first-order valence-corrected chi connectivity index (χ1v) is 6.47. The van der Waals surface area contributed by atoms with Crippen LogP contribution in [0.15, 0.2) is 24.3 Å². The van der Waals surface area contributed by atoms with Gasteiger partial charge in [-0.25, -0.2) is 0 Å². The Kier molecular flexibility index (Phi) is 6.28. The zero-order chi connectivity index (χ0) is 13.0. The molecule has 19 heavy (non-hydrogen) atoms. The molecule has 1 aromatic carbocycles. The Bertz CT molecular complexity index is 425. The summed E-state index contributed by atoms with van der Waals surface area (Å²) in [4.78, 5) is 14.2. The highest BCUT2D eigenvalue weighted by atomic mass is 35.5. The molecule has 0 radical (unpaired) electrons. The average molecular weight is 284 g/mol. The number of anilines is 1. The van der Waals surface area contributed by atoms with Gasteiger partial charge in [0.1, 0.15) is 0 Å². The summed E-state index contributed by atoms with van der Waals surface area (Å²) in [6.45, 7) is 7.47. The van der Waals surface area contributed by atoms with Crippen molar-refractivity contribution < 1.29 is 4.79 Å². The normalized spacial score (nSPS) is 19.6. The monoisotopic (exact) mass is 283 g/mol. The van der Waals surface area contributed by atoms with E-state index in [9.17, 15) is 4.79 Å². The summed E-state index contributed by atoms with van der Waals surface area (Å²) in [5.74, 6) is 0.0676. The van der Waals surface area contributed by atoms with Gasteiger partial charge in [0.25, 0.3) is 0 Å². The number of rotatable bonds is 3.